The summed E-state index contributed by atoms with van der Waals surface area (Å²) in [5, 5.41) is 3.65. The molecular formula is C19H28ClN3O3S. The summed E-state index contributed by atoms with van der Waals surface area (Å²) in [7, 11) is -3.44. The summed E-state index contributed by atoms with van der Waals surface area (Å²) in [6.07, 6.45) is 5.11. The van der Waals surface area contributed by atoms with Crippen molar-refractivity contribution in [2.45, 2.75) is 38.5 Å². The van der Waals surface area contributed by atoms with Gasteiger partial charge in [0, 0.05) is 37.7 Å². The first-order valence-electron chi connectivity index (χ1n) is 9.74. The summed E-state index contributed by atoms with van der Waals surface area (Å²) in [6, 6.07) is 7.57. The Hall–Kier alpha value is -1.15. The number of rotatable bonds is 6. The third-order valence-corrected chi connectivity index (χ3v) is 7.60. The van der Waals surface area contributed by atoms with E-state index < -0.39 is 10.2 Å². The smallest absolute Gasteiger partial charge is 0.281 e. The topological polar surface area (TPSA) is 69.7 Å². The van der Waals surface area contributed by atoms with E-state index in [1.165, 1.54) is 4.31 Å². The fourth-order valence-corrected chi connectivity index (χ4v) is 5.65. The van der Waals surface area contributed by atoms with Gasteiger partial charge in [0.1, 0.15) is 0 Å². The van der Waals surface area contributed by atoms with Gasteiger partial charge in [-0.1, -0.05) is 30.2 Å². The quantitative estimate of drug-likeness (QED) is 0.778. The molecule has 27 heavy (non-hydrogen) atoms. The number of hydrogen-bond acceptors (Lipinski definition) is 3. The summed E-state index contributed by atoms with van der Waals surface area (Å²) in [5.74, 6) is -0.328. The minimum Gasteiger partial charge on any atom is -0.355 e. The number of amides is 1. The van der Waals surface area contributed by atoms with Crippen molar-refractivity contribution in [1.82, 2.24) is 13.9 Å². The first-order chi connectivity index (χ1) is 13.0. The predicted molar refractivity (Wildman–Crippen MR) is 107 cm³/mol. The van der Waals surface area contributed by atoms with Gasteiger partial charge in [0.2, 0.25) is 5.91 Å². The second-order valence-electron chi connectivity index (χ2n) is 7.33. The molecule has 2 aliphatic rings. The van der Waals surface area contributed by atoms with Gasteiger partial charge in [0.15, 0.2) is 0 Å². The normalized spacial score (nSPS) is 22.5. The third kappa shape index (κ3) is 5.44. The van der Waals surface area contributed by atoms with Crippen LogP contribution in [0.2, 0.25) is 5.02 Å². The number of nitrogens with zero attached hydrogens (tertiary/aromatic N) is 2. The van der Waals surface area contributed by atoms with Crippen molar-refractivity contribution in [3.8, 4) is 0 Å². The number of hydrogen-bond donors (Lipinski definition) is 1. The number of benzene rings is 1. The molecule has 8 heteroatoms. The first kappa shape index (κ1) is 20.6. The number of carbonyl (C=O) groups is 1. The van der Waals surface area contributed by atoms with Gasteiger partial charge in [-0.3, -0.25) is 4.79 Å². The molecule has 1 N–H and O–H groups in total. The van der Waals surface area contributed by atoms with Gasteiger partial charge in [0.05, 0.1) is 5.92 Å². The van der Waals surface area contributed by atoms with Gasteiger partial charge in [-0.2, -0.15) is 17.0 Å². The molecule has 1 aromatic rings. The lowest BCUT2D eigenvalue weighted by molar-refractivity contribution is -0.126. The van der Waals surface area contributed by atoms with Gasteiger partial charge in [0.25, 0.3) is 10.2 Å². The van der Waals surface area contributed by atoms with Gasteiger partial charge >= 0.3 is 0 Å². The summed E-state index contributed by atoms with van der Waals surface area (Å²) in [6.45, 7) is 2.52. The second-order valence-corrected chi connectivity index (χ2v) is 9.70. The molecular weight excluding hydrogens is 386 g/mol. The highest BCUT2D eigenvalue weighted by Gasteiger charge is 2.36. The molecule has 6 nitrogen and oxygen atoms in total. The lowest BCUT2D eigenvalue weighted by atomic mass is 9.99. The Morgan fingerprint density at radius 2 is 1.70 bits per heavy atom. The molecule has 2 heterocycles. The van der Waals surface area contributed by atoms with Crippen molar-refractivity contribution in [3.05, 3.63) is 34.9 Å². The molecule has 0 saturated carbocycles. The van der Waals surface area contributed by atoms with Crippen LogP contribution >= 0.6 is 11.6 Å². The Balaban J connectivity index is 1.50. The Kier molecular flexibility index (Phi) is 7.14. The van der Waals surface area contributed by atoms with Crippen LogP contribution in [-0.2, 0) is 21.4 Å². The molecule has 0 aliphatic carbocycles. The lowest BCUT2D eigenvalue weighted by Gasteiger charge is -2.36. The minimum atomic E-state index is -3.44. The van der Waals surface area contributed by atoms with Crippen LogP contribution in [0.15, 0.2) is 24.3 Å². The van der Waals surface area contributed by atoms with Gasteiger partial charge < -0.3 is 5.32 Å². The van der Waals surface area contributed by atoms with Crippen molar-refractivity contribution in [1.29, 1.82) is 0 Å². The van der Waals surface area contributed by atoms with Gasteiger partial charge in [-0.25, -0.2) is 0 Å². The van der Waals surface area contributed by atoms with Crippen molar-refractivity contribution in [3.63, 3.8) is 0 Å². The van der Waals surface area contributed by atoms with Crippen molar-refractivity contribution in [2.75, 3.05) is 32.7 Å². The van der Waals surface area contributed by atoms with E-state index in [9.17, 15) is 13.2 Å². The van der Waals surface area contributed by atoms with E-state index >= 15 is 0 Å². The van der Waals surface area contributed by atoms with E-state index in [2.05, 4.69) is 5.32 Å². The predicted octanol–water partition coefficient (Wildman–Crippen LogP) is 2.44. The standard InChI is InChI=1S/C19H28ClN3O3S/c20-18-8-6-16(7-9-18)10-11-21-19(24)17-5-4-14-23(15-17)27(25,26)22-12-2-1-3-13-22/h6-9,17H,1-5,10-15H2,(H,21,24)/t17-/m0/s1. The van der Waals surface area contributed by atoms with Crippen LogP contribution in [0.1, 0.15) is 37.7 Å². The zero-order chi connectivity index (χ0) is 19.3. The molecule has 0 unspecified atom stereocenters. The van der Waals surface area contributed by atoms with E-state index in [-0.39, 0.29) is 18.4 Å². The van der Waals surface area contributed by atoms with Crippen LogP contribution in [-0.4, -0.2) is 55.7 Å². The maximum absolute atomic E-state index is 12.8. The largest absolute Gasteiger partial charge is 0.355 e. The van der Waals surface area contributed by atoms with Crippen molar-refractivity contribution < 1.29 is 13.2 Å². The van der Waals surface area contributed by atoms with Crippen LogP contribution in [0.25, 0.3) is 0 Å². The Labute approximate surface area is 167 Å². The van der Waals surface area contributed by atoms with Crippen molar-refractivity contribution >= 4 is 27.7 Å². The summed E-state index contributed by atoms with van der Waals surface area (Å²) in [5.41, 5.74) is 1.11. The minimum absolute atomic E-state index is 0.0532. The van der Waals surface area contributed by atoms with Crippen LogP contribution < -0.4 is 5.32 Å². The molecule has 0 spiro atoms. The number of halogens is 1. The first-order valence-corrected chi connectivity index (χ1v) is 11.5. The molecule has 2 saturated heterocycles. The summed E-state index contributed by atoms with van der Waals surface area (Å²) < 4.78 is 28.8. The van der Waals surface area contributed by atoms with Gasteiger partial charge in [-0.05, 0) is 49.8 Å². The highest BCUT2D eigenvalue weighted by atomic mass is 35.5. The zero-order valence-corrected chi connectivity index (χ0v) is 17.1. The molecule has 2 fully saturated rings. The average Bonchev–Trinajstić information content (AvgIpc) is 2.70. The fraction of sp³-hybridized carbons (Fsp3) is 0.632. The number of piperidine rings is 2. The fourth-order valence-electron chi connectivity index (χ4n) is 3.75. The molecule has 1 atom stereocenters. The van der Waals surface area contributed by atoms with E-state index in [4.69, 9.17) is 11.6 Å². The van der Waals surface area contributed by atoms with E-state index in [0.717, 1.165) is 44.1 Å². The van der Waals surface area contributed by atoms with Gasteiger partial charge in [-0.15, -0.1) is 0 Å². The molecule has 3 rings (SSSR count). The van der Waals surface area contributed by atoms with E-state index in [1.807, 2.05) is 24.3 Å². The number of carbonyl (C=O) groups excluding carboxylic acids is 1. The SMILES string of the molecule is O=C(NCCc1ccc(Cl)cc1)[C@H]1CCCN(S(=O)(=O)N2CCCCC2)C1. The molecule has 0 aromatic heterocycles. The Bertz CT molecular complexity index is 733. The second kappa shape index (κ2) is 9.37. The van der Waals surface area contributed by atoms with Crippen LogP contribution in [0.5, 0.6) is 0 Å². The molecule has 0 bridgehead atoms. The van der Waals surface area contributed by atoms with E-state index in [0.29, 0.717) is 31.2 Å². The van der Waals surface area contributed by atoms with E-state index in [1.54, 1.807) is 4.31 Å². The Morgan fingerprint density at radius 3 is 2.41 bits per heavy atom. The third-order valence-electron chi connectivity index (χ3n) is 5.35. The maximum Gasteiger partial charge on any atom is 0.281 e. The zero-order valence-electron chi connectivity index (χ0n) is 15.6. The molecule has 2 aliphatic heterocycles. The Morgan fingerprint density at radius 1 is 1.04 bits per heavy atom. The molecule has 1 aromatic carbocycles. The van der Waals surface area contributed by atoms with Crippen molar-refractivity contribution in [2.24, 2.45) is 5.92 Å². The maximum atomic E-state index is 12.8. The summed E-state index contributed by atoms with van der Waals surface area (Å²) >= 11 is 5.88. The summed E-state index contributed by atoms with van der Waals surface area (Å²) in [4.78, 5) is 12.5. The highest BCUT2D eigenvalue weighted by Crippen LogP contribution is 2.23. The van der Waals surface area contributed by atoms with Crippen LogP contribution in [0.3, 0.4) is 0 Å². The lowest BCUT2D eigenvalue weighted by Crippen LogP contribution is -2.51. The van der Waals surface area contributed by atoms with Crippen LogP contribution in [0, 0.1) is 5.92 Å². The highest BCUT2D eigenvalue weighted by molar-refractivity contribution is 7.86. The molecule has 150 valence electrons. The molecule has 0 radical (unpaired) electrons. The average molecular weight is 414 g/mol. The number of nitrogens with one attached hydrogen (secondary N) is 1. The molecule has 1 amide bonds. The monoisotopic (exact) mass is 413 g/mol. The van der Waals surface area contributed by atoms with Crippen LogP contribution in [0.4, 0.5) is 0 Å².